The molecule has 0 bridgehead atoms. The van der Waals surface area contributed by atoms with E-state index in [0.717, 1.165) is 0 Å². The summed E-state index contributed by atoms with van der Waals surface area (Å²) in [6.07, 6.45) is 3.78. The Morgan fingerprint density at radius 3 is 3.07 bits per heavy atom. The van der Waals surface area contributed by atoms with Crippen LogP contribution >= 0.6 is 11.6 Å². The molecule has 0 spiro atoms. The van der Waals surface area contributed by atoms with Crippen molar-refractivity contribution in [1.29, 1.82) is 0 Å². The van der Waals surface area contributed by atoms with Crippen LogP contribution in [0.25, 0.3) is 0 Å². The van der Waals surface area contributed by atoms with Gasteiger partial charge >= 0.3 is 0 Å². The van der Waals surface area contributed by atoms with Gasteiger partial charge in [-0.05, 0) is 25.7 Å². The molecule has 1 N–H and O–H groups in total. The van der Waals surface area contributed by atoms with Gasteiger partial charge in [-0.25, -0.2) is 0 Å². The normalized spacial score (nSPS) is 17.5. The topological polar surface area (TPSA) is 55.1 Å². The molecule has 1 fully saturated rings. The van der Waals surface area contributed by atoms with Crippen LogP contribution in [0, 0.1) is 12.8 Å². The van der Waals surface area contributed by atoms with E-state index in [1.54, 1.807) is 6.92 Å². The molecule has 1 unspecified atom stereocenters. The molecule has 2 rings (SSSR count). The molecule has 1 atom stereocenters. The van der Waals surface area contributed by atoms with Crippen LogP contribution in [-0.4, -0.2) is 23.0 Å². The summed E-state index contributed by atoms with van der Waals surface area (Å²) >= 11 is 6.07. The zero-order valence-electron chi connectivity index (χ0n) is 8.50. The Bertz CT molecular complexity index is 360. The van der Waals surface area contributed by atoms with Gasteiger partial charge in [0.1, 0.15) is 11.3 Å². The lowest BCUT2D eigenvalue weighted by atomic mass is 10.2. The number of aromatic nitrogens is 1. The van der Waals surface area contributed by atoms with Crippen molar-refractivity contribution in [3.05, 3.63) is 17.5 Å². The van der Waals surface area contributed by atoms with Crippen molar-refractivity contribution in [1.82, 2.24) is 10.5 Å². The lowest BCUT2D eigenvalue weighted by Crippen LogP contribution is -2.30. The molecule has 0 aromatic carbocycles. The summed E-state index contributed by atoms with van der Waals surface area (Å²) in [6.45, 7) is 2.22. The van der Waals surface area contributed by atoms with E-state index in [9.17, 15) is 4.79 Å². The van der Waals surface area contributed by atoms with E-state index < -0.39 is 0 Å². The summed E-state index contributed by atoms with van der Waals surface area (Å²) in [4.78, 5) is 11.6. The Morgan fingerprint density at radius 1 is 1.80 bits per heavy atom. The molecule has 1 aromatic heterocycles. The third kappa shape index (κ3) is 2.50. The second-order valence-corrected chi connectivity index (χ2v) is 4.42. The van der Waals surface area contributed by atoms with Crippen molar-refractivity contribution in [2.45, 2.75) is 25.1 Å². The molecule has 0 saturated heterocycles. The van der Waals surface area contributed by atoms with Crippen molar-refractivity contribution in [3.8, 4) is 0 Å². The second-order valence-electron chi connectivity index (χ2n) is 3.86. The summed E-state index contributed by atoms with van der Waals surface area (Å²) in [5.41, 5.74) is 0.481. The summed E-state index contributed by atoms with van der Waals surface area (Å²) in [7, 11) is 0. The quantitative estimate of drug-likeness (QED) is 0.799. The Labute approximate surface area is 93.0 Å². The fourth-order valence-corrected chi connectivity index (χ4v) is 1.76. The lowest BCUT2D eigenvalue weighted by Gasteiger charge is -2.08. The number of alkyl halides is 1. The Balaban J connectivity index is 1.84. The minimum Gasteiger partial charge on any atom is -0.361 e. The SMILES string of the molecule is Cc1oncc1C(=O)NCC(Cl)C1CC1. The summed E-state index contributed by atoms with van der Waals surface area (Å²) in [5, 5.41) is 6.37. The Morgan fingerprint density at radius 2 is 2.53 bits per heavy atom. The van der Waals surface area contributed by atoms with Crippen LogP contribution in [0.15, 0.2) is 10.7 Å². The van der Waals surface area contributed by atoms with Gasteiger partial charge in [0.2, 0.25) is 0 Å². The molecule has 0 radical (unpaired) electrons. The fourth-order valence-electron chi connectivity index (χ4n) is 1.43. The molecule has 1 heterocycles. The molecule has 0 aliphatic heterocycles. The fraction of sp³-hybridized carbons (Fsp3) is 0.600. The smallest absolute Gasteiger partial charge is 0.256 e. The summed E-state index contributed by atoms with van der Waals surface area (Å²) < 4.78 is 4.81. The van der Waals surface area contributed by atoms with E-state index in [1.165, 1.54) is 19.0 Å². The van der Waals surface area contributed by atoms with Gasteiger partial charge in [-0.1, -0.05) is 5.16 Å². The molecular weight excluding hydrogens is 216 g/mol. The summed E-state index contributed by atoms with van der Waals surface area (Å²) in [5.74, 6) is 0.945. The standard InChI is InChI=1S/C10H13ClN2O2/c1-6-8(4-13-15-6)10(14)12-5-9(11)7-2-3-7/h4,7,9H,2-3,5H2,1H3,(H,12,14). The van der Waals surface area contributed by atoms with E-state index in [1.807, 2.05) is 0 Å². The monoisotopic (exact) mass is 228 g/mol. The number of hydrogen-bond donors (Lipinski definition) is 1. The minimum absolute atomic E-state index is 0.0501. The van der Waals surface area contributed by atoms with Gasteiger partial charge in [0.25, 0.3) is 5.91 Å². The highest BCUT2D eigenvalue weighted by molar-refractivity contribution is 6.21. The van der Waals surface area contributed by atoms with Crippen LogP contribution < -0.4 is 5.32 Å². The summed E-state index contributed by atoms with van der Waals surface area (Å²) in [6, 6.07) is 0. The van der Waals surface area contributed by atoms with Gasteiger partial charge in [0.05, 0.1) is 11.6 Å². The molecule has 82 valence electrons. The van der Waals surface area contributed by atoms with Crippen LogP contribution in [0.3, 0.4) is 0 Å². The number of nitrogens with one attached hydrogen (secondary N) is 1. The molecule has 1 amide bonds. The van der Waals surface area contributed by atoms with Crippen LogP contribution in [0.2, 0.25) is 0 Å². The zero-order chi connectivity index (χ0) is 10.8. The largest absolute Gasteiger partial charge is 0.361 e. The molecule has 1 aliphatic carbocycles. The maximum Gasteiger partial charge on any atom is 0.256 e. The average Bonchev–Trinajstić information content (AvgIpc) is 2.98. The molecule has 1 saturated carbocycles. The Hall–Kier alpha value is -1.03. The first-order chi connectivity index (χ1) is 7.18. The van der Waals surface area contributed by atoms with E-state index in [-0.39, 0.29) is 11.3 Å². The molecule has 1 aliphatic rings. The van der Waals surface area contributed by atoms with E-state index in [0.29, 0.717) is 23.8 Å². The van der Waals surface area contributed by atoms with Crippen molar-refractivity contribution < 1.29 is 9.32 Å². The highest BCUT2D eigenvalue weighted by Crippen LogP contribution is 2.35. The number of rotatable bonds is 4. The first-order valence-corrected chi connectivity index (χ1v) is 5.45. The number of halogens is 1. The van der Waals surface area contributed by atoms with Gasteiger partial charge in [-0.2, -0.15) is 0 Å². The predicted octanol–water partition coefficient (Wildman–Crippen LogP) is 1.73. The maximum atomic E-state index is 11.6. The minimum atomic E-state index is -0.167. The van der Waals surface area contributed by atoms with Gasteiger partial charge in [0.15, 0.2) is 0 Å². The first kappa shape index (κ1) is 10.5. The zero-order valence-corrected chi connectivity index (χ0v) is 9.25. The number of carbonyl (C=O) groups excluding carboxylic acids is 1. The van der Waals surface area contributed by atoms with Crippen molar-refractivity contribution in [3.63, 3.8) is 0 Å². The van der Waals surface area contributed by atoms with Gasteiger partial charge in [-0.15, -0.1) is 11.6 Å². The molecule has 15 heavy (non-hydrogen) atoms. The van der Waals surface area contributed by atoms with Crippen LogP contribution in [-0.2, 0) is 0 Å². The average molecular weight is 229 g/mol. The number of amides is 1. The Kier molecular flexibility index (Phi) is 2.95. The van der Waals surface area contributed by atoms with Crippen LogP contribution in [0.4, 0.5) is 0 Å². The molecule has 4 nitrogen and oxygen atoms in total. The van der Waals surface area contributed by atoms with E-state index in [4.69, 9.17) is 16.1 Å². The van der Waals surface area contributed by atoms with Crippen molar-refractivity contribution in [2.75, 3.05) is 6.54 Å². The van der Waals surface area contributed by atoms with Crippen molar-refractivity contribution in [2.24, 2.45) is 5.92 Å². The third-order valence-corrected chi connectivity index (χ3v) is 3.10. The second kappa shape index (κ2) is 4.23. The van der Waals surface area contributed by atoms with Crippen molar-refractivity contribution >= 4 is 17.5 Å². The first-order valence-electron chi connectivity index (χ1n) is 5.02. The molecule has 1 aromatic rings. The van der Waals surface area contributed by atoms with E-state index >= 15 is 0 Å². The predicted molar refractivity (Wildman–Crippen MR) is 55.9 cm³/mol. The van der Waals surface area contributed by atoms with Gasteiger partial charge in [-0.3, -0.25) is 4.79 Å². The van der Waals surface area contributed by atoms with Gasteiger partial charge < -0.3 is 9.84 Å². The molecular formula is C10H13ClN2O2. The lowest BCUT2D eigenvalue weighted by molar-refractivity contribution is 0.0951. The van der Waals surface area contributed by atoms with E-state index in [2.05, 4.69) is 10.5 Å². The highest BCUT2D eigenvalue weighted by Gasteiger charge is 2.29. The molecule has 5 heteroatoms. The number of hydrogen-bond acceptors (Lipinski definition) is 3. The van der Waals surface area contributed by atoms with Crippen LogP contribution in [0.5, 0.6) is 0 Å². The highest BCUT2D eigenvalue weighted by atomic mass is 35.5. The van der Waals surface area contributed by atoms with Gasteiger partial charge in [0, 0.05) is 6.54 Å². The third-order valence-electron chi connectivity index (χ3n) is 2.59. The maximum absolute atomic E-state index is 11.6. The number of nitrogens with zero attached hydrogens (tertiary/aromatic N) is 1. The van der Waals surface area contributed by atoms with Crippen LogP contribution in [0.1, 0.15) is 29.0 Å². The number of carbonyl (C=O) groups is 1. The number of aryl methyl sites for hydroxylation is 1.